The second kappa shape index (κ2) is 5.65. The summed E-state index contributed by atoms with van der Waals surface area (Å²) < 4.78 is 0. The number of aliphatic carboxylic acids is 1. The summed E-state index contributed by atoms with van der Waals surface area (Å²) >= 11 is 1.34. The van der Waals surface area contributed by atoms with Crippen molar-refractivity contribution in [2.75, 3.05) is 13.1 Å². The summed E-state index contributed by atoms with van der Waals surface area (Å²) in [5, 5.41) is 9.79. The van der Waals surface area contributed by atoms with Gasteiger partial charge in [-0.15, -0.1) is 11.3 Å². The lowest BCUT2D eigenvalue weighted by atomic mass is 10.1. The lowest BCUT2D eigenvalue weighted by molar-refractivity contribution is -0.141. The van der Waals surface area contributed by atoms with Gasteiger partial charge in [0.1, 0.15) is 9.88 Å². The second-order valence-electron chi connectivity index (χ2n) is 4.97. The molecule has 3 rings (SSSR count). The van der Waals surface area contributed by atoms with Crippen LogP contribution in [0.1, 0.15) is 16.1 Å². The number of rotatable bonds is 3. The third kappa shape index (κ3) is 2.80. The van der Waals surface area contributed by atoms with Crippen LogP contribution in [0.2, 0.25) is 0 Å². The summed E-state index contributed by atoms with van der Waals surface area (Å²) in [6, 6.07) is 9.68. The Balaban J connectivity index is 1.75. The fourth-order valence-electron chi connectivity index (χ4n) is 2.39. The number of carboxylic acid groups (broad SMARTS) is 1. The van der Waals surface area contributed by atoms with E-state index in [-0.39, 0.29) is 12.5 Å². The van der Waals surface area contributed by atoms with Crippen molar-refractivity contribution in [3.8, 4) is 10.6 Å². The van der Waals surface area contributed by atoms with E-state index >= 15 is 0 Å². The molecule has 0 spiro atoms. The van der Waals surface area contributed by atoms with Crippen LogP contribution >= 0.6 is 11.3 Å². The van der Waals surface area contributed by atoms with Gasteiger partial charge >= 0.3 is 5.97 Å². The minimum absolute atomic E-state index is 0.126. The van der Waals surface area contributed by atoms with Crippen molar-refractivity contribution in [3.63, 3.8) is 0 Å². The monoisotopic (exact) mass is 302 g/mol. The number of aromatic nitrogens is 1. The van der Waals surface area contributed by atoms with Gasteiger partial charge < -0.3 is 10.0 Å². The van der Waals surface area contributed by atoms with Crippen molar-refractivity contribution in [1.82, 2.24) is 9.88 Å². The fraction of sp³-hybridized carbons (Fsp3) is 0.267. The molecule has 1 amide bonds. The van der Waals surface area contributed by atoms with Crippen LogP contribution < -0.4 is 0 Å². The molecule has 0 aliphatic carbocycles. The summed E-state index contributed by atoms with van der Waals surface area (Å²) in [5.74, 6) is -1.41. The van der Waals surface area contributed by atoms with Gasteiger partial charge in [0.25, 0.3) is 5.91 Å². The Bertz CT molecular complexity index is 669. The van der Waals surface area contributed by atoms with E-state index in [1.807, 2.05) is 30.3 Å². The maximum Gasteiger partial charge on any atom is 0.308 e. The maximum absolute atomic E-state index is 12.4. The Morgan fingerprint density at radius 3 is 2.71 bits per heavy atom. The minimum atomic E-state index is -0.834. The van der Waals surface area contributed by atoms with Crippen LogP contribution in [0.5, 0.6) is 0 Å². The predicted molar refractivity (Wildman–Crippen MR) is 79.2 cm³/mol. The molecule has 1 aliphatic heterocycles. The first-order chi connectivity index (χ1) is 10.1. The number of hydrogen-bond acceptors (Lipinski definition) is 4. The van der Waals surface area contributed by atoms with Gasteiger partial charge in [0.15, 0.2) is 0 Å². The molecule has 0 saturated carbocycles. The zero-order chi connectivity index (χ0) is 14.8. The first kappa shape index (κ1) is 13.8. The van der Waals surface area contributed by atoms with Crippen molar-refractivity contribution in [2.24, 2.45) is 5.92 Å². The summed E-state index contributed by atoms with van der Waals surface area (Å²) in [6.45, 7) is 0.779. The van der Waals surface area contributed by atoms with Crippen LogP contribution in [0.3, 0.4) is 0 Å². The van der Waals surface area contributed by atoms with Crippen LogP contribution in [-0.2, 0) is 4.79 Å². The van der Waals surface area contributed by atoms with E-state index in [1.165, 1.54) is 11.3 Å². The molecular formula is C15H14N2O3S. The number of benzene rings is 1. The van der Waals surface area contributed by atoms with Gasteiger partial charge in [-0.05, 0) is 6.42 Å². The Morgan fingerprint density at radius 1 is 1.29 bits per heavy atom. The molecule has 0 bridgehead atoms. The van der Waals surface area contributed by atoms with Gasteiger partial charge in [-0.1, -0.05) is 30.3 Å². The average molecular weight is 302 g/mol. The van der Waals surface area contributed by atoms with Crippen LogP contribution in [0, 0.1) is 5.92 Å². The summed E-state index contributed by atoms with van der Waals surface area (Å²) in [6.07, 6.45) is 2.09. The highest BCUT2D eigenvalue weighted by Gasteiger charge is 2.32. The molecule has 21 heavy (non-hydrogen) atoms. The van der Waals surface area contributed by atoms with E-state index in [9.17, 15) is 9.59 Å². The molecule has 108 valence electrons. The topological polar surface area (TPSA) is 70.5 Å². The molecule has 2 heterocycles. The summed E-state index contributed by atoms with van der Waals surface area (Å²) in [7, 11) is 0. The molecule has 2 aromatic rings. The molecule has 1 aromatic heterocycles. The van der Waals surface area contributed by atoms with E-state index < -0.39 is 11.9 Å². The Labute approximate surface area is 125 Å². The third-order valence-electron chi connectivity index (χ3n) is 3.56. The molecule has 1 aromatic carbocycles. The number of amides is 1. The van der Waals surface area contributed by atoms with Gasteiger partial charge in [0.05, 0.1) is 12.1 Å². The zero-order valence-electron chi connectivity index (χ0n) is 11.2. The van der Waals surface area contributed by atoms with Crippen LogP contribution in [0.15, 0.2) is 36.5 Å². The lowest BCUT2D eigenvalue weighted by Gasteiger charge is -2.13. The first-order valence-electron chi connectivity index (χ1n) is 6.68. The van der Waals surface area contributed by atoms with E-state index in [1.54, 1.807) is 11.1 Å². The maximum atomic E-state index is 12.4. The van der Waals surface area contributed by atoms with Crippen molar-refractivity contribution in [1.29, 1.82) is 0 Å². The molecule has 1 atom stereocenters. The van der Waals surface area contributed by atoms with Crippen molar-refractivity contribution < 1.29 is 14.7 Å². The number of carbonyl (C=O) groups excluding carboxylic acids is 1. The smallest absolute Gasteiger partial charge is 0.308 e. The largest absolute Gasteiger partial charge is 0.481 e. The van der Waals surface area contributed by atoms with Crippen LogP contribution in [0.4, 0.5) is 0 Å². The number of carboxylic acids is 1. The molecule has 1 N–H and O–H groups in total. The number of likely N-dealkylation sites (tertiary alicyclic amines) is 1. The van der Waals surface area contributed by atoms with Crippen molar-refractivity contribution in [3.05, 3.63) is 41.4 Å². The SMILES string of the molecule is O=C(O)[C@H]1CCN(C(=O)c2cnc(-c3ccccc3)s2)C1. The Hall–Kier alpha value is -2.21. The highest BCUT2D eigenvalue weighted by Crippen LogP contribution is 2.27. The van der Waals surface area contributed by atoms with Gasteiger partial charge in [-0.25, -0.2) is 4.98 Å². The Morgan fingerprint density at radius 2 is 2.05 bits per heavy atom. The van der Waals surface area contributed by atoms with Gasteiger partial charge in [0, 0.05) is 18.7 Å². The van der Waals surface area contributed by atoms with Gasteiger partial charge in [-0.2, -0.15) is 0 Å². The second-order valence-corrected chi connectivity index (χ2v) is 6.00. The molecule has 1 saturated heterocycles. The Kier molecular flexibility index (Phi) is 3.70. The highest BCUT2D eigenvalue weighted by molar-refractivity contribution is 7.16. The molecule has 5 nitrogen and oxygen atoms in total. The van der Waals surface area contributed by atoms with Crippen molar-refractivity contribution in [2.45, 2.75) is 6.42 Å². The third-order valence-corrected chi connectivity index (χ3v) is 4.60. The van der Waals surface area contributed by atoms with Crippen LogP contribution in [-0.4, -0.2) is 40.0 Å². The molecule has 6 heteroatoms. The number of nitrogens with zero attached hydrogens (tertiary/aromatic N) is 2. The number of thiazole rings is 1. The number of hydrogen-bond donors (Lipinski definition) is 1. The average Bonchev–Trinajstić information content (AvgIpc) is 3.17. The fourth-order valence-corrected chi connectivity index (χ4v) is 3.28. The number of carbonyl (C=O) groups is 2. The predicted octanol–water partition coefficient (Wildman–Crippen LogP) is 2.36. The van der Waals surface area contributed by atoms with Crippen molar-refractivity contribution >= 4 is 23.2 Å². The van der Waals surface area contributed by atoms with E-state index in [0.717, 1.165) is 10.6 Å². The molecule has 0 unspecified atom stereocenters. The molecule has 1 aliphatic rings. The molecule has 0 radical (unpaired) electrons. The van der Waals surface area contributed by atoms with E-state index in [4.69, 9.17) is 5.11 Å². The summed E-state index contributed by atoms with van der Waals surface area (Å²) in [4.78, 5) is 29.8. The van der Waals surface area contributed by atoms with Crippen LogP contribution in [0.25, 0.3) is 10.6 Å². The molecular weight excluding hydrogens is 288 g/mol. The quantitative estimate of drug-likeness (QED) is 0.945. The summed E-state index contributed by atoms with van der Waals surface area (Å²) in [5.41, 5.74) is 0.978. The normalized spacial score (nSPS) is 17.9. The molecule has 1 fully saturated rings. The van der Waals surface area contributed by atoms with E-state index in [0.29, 0.717) is 17.8 Å². The minimum Gasteiger partial charge on any atom is -0.481 e. The van der Waals surface area contributed by atoms with E-state index in [2.05, 4.69) is 4.98 Å². The standard InChI is InChI=1S/C15H14N2O3S/c18-14(17-7-6-11(9-17)15(19)20)12-8-16-13(21-12)10-4-2-1-3-5-10/h1-5,8,11H,6-7,9H2,(H,19,20)/t11-/m0/s1. The van der Waals surface area contributed by atoms with Gasteiger partial charge in [0.2, 0.25) is 0 Å². The lowest BCUT2D eigenvalue weighted by Crippen LogP contribution is -2.29. The first-order valence-corrected chi connectivity index (χ1v) is 7.50. The highest BCUT2D eigenvalue weighted by atomic mass is 32.1. The van der Waals surface area contributed by atoms with Gasteiger partial charge in [-0.3, -0.25) is 9.59 Å². The zero-order valence-corrected chi connectivity index (χ0v) is 12.0.